The lowest BCUT2D eigenvalue weighted by Crippen LogP contribution is -2.39. The van der Waals surface area contributed by atoms with E-state index in [4.69, 9.17) is 17.3 Å². The topological polar surface area (TPSA) is 66.6 Å². The van der Waals surface area contributed by atoms with Crippen molar-refractivity contribution in [3.63, 3.8) is 0 Å². The van der Waals surface area contributed by atoms with Crippen LogP contribution in [0.25, 0.3) is 0 Å². The van der Waals surface area contributed by atoms with E-state index in [1.807, 2.05) is 0 Å². The zero-order valence-electron chi connectivity index (χ0n) is 10.2. The van der Waals surface area contributed by atoms with Crippen LogP contribution in [0.15, 0.2) is 18.2 Å². The Labute approximate surface area is 106 Å². The Morgan fingerprint density at radius 1 is 1.53 bits per heavy atom. The molecule has 4 nitrogen and oxygen atoms in total. The van der Waals surface area contributed by atoms with Crippen LogP contribution in [0.3, 0.4) is 0 Å². The van der Waals surface area contributed by atoms with Gasteiger partial charge in [0.1, 0.15) is 0 Å². The average Bonchev–Trinajstić information content (AvgIpc) is 2.14. The van der Waals surface area contributed by atoms with Gasteiger partial charge in [0.25, 0.3) is 5.91 Å². The van der Waals surface area contributed by atoms with E-state index in [1.165, 1.54) is 11.0 Å². The molecule has 0 aliphatic heterocycles. The Balaban J connectivity index is 2.89. The van der Waals surface area contributed by atoms with E-state index in [0.717, 1.165) is 0 Å². The predicted molar refractivity (Wildman–Crippen MR) is 69.1 cm³/mol. The van der Waals surface area contributed by atoms with Crippen LogP contribution in [0, 0.1) is 0 Å². The molecule has 0 spiro atoms. The molecule has 0 saturated carbocycles. The maximum Gasteiger partial charge on any atom is 0.255 e. The molecule has 0 bridgehead atoms. The first-order valence-corrected chi connectivity index (χ1v) is 5.61. The predicted octanol–water partition coefficient (Wildman–Crippen LogP) is 1.77. The quantitative estimate of drug-likeness (QED) is 0.810. The van der Waals surface area contributed by atoms with Crippen molar-refractivity contribution in [1.82, 2.24) is 4.90 Å². The average molecular weight is 257 g/mol. The Morgan fingerprint density at radius 3 is 2.59 bits per heavy atom. The summed E-state index contributed by atoms with van der Waals surface area (Å²) in [5.74, 6) is -0.235. The van der Waals surface area contributed by atoms with E-state index in [1.54, 1.807) is 33.0 Å². The monoisotopic (exact) mass is 256 g/mol. The van der Waals surface area contributed by atoms with E-state index in [-0.39, 0.29) is 12.5 Å². The first kappa shape index (κ1) is 13.8. The highest BCUT2D eigenvalue weighted by molar-refractivity contribution is 6.31. The van der Waals surface area contributed by atoms with Crippen molar-refractivity contribution in [3.8, 4) is 0 Å². The van der Waals surface area contributed by atoms with Crippen LogP contribution >= 0.6 is 11.6 Å². The minimum absolute atomic E-state index is 0.230. The van der Waals surface area contributed by atoms with Crippen molar-refractivity contribution < 1.29 is 9.90 Å². The van der Waals surface area contributed by atoms with Gasteiger partial charge in [0.2, 0.25) is 0 Å². The minimum Gasteiger partial charge on any atom is -0.398 e. The van der Waals surface area contributed by atoms with E-state index in [9.17, 15) is 9.90 Å². The van der Waals surface area contributed by atoms with Crippen molar-refractivity contribution in [1.29, 1.82) is 0 Å². The normalized spacial score (nSPS) is 11.4. The molecule has 0 unspecified atom stereocenters. The molecule has 0 saturated heterocycles. The molecule has 0 aliphatic rings. The Morgan fingerprint density at radius 2 is 2.12 bits per heavy atom. The fraction of sp³-hybridized carbons (Fsp3) is 0.417. The van der Waals surface area contributed by atoms with Crippen LogP contribution < -0.4 is 5.73 Å². The van der Waals surface area contributed by atoms with E-state index in [2.05, 4.69) is 0 Å². The molecule has 0 aliphatic carbocycles. The first-order valence-electron chi connectivity index (χ1n) is 5.23. The van der Waals surface area contributed by atoms with Crippen molar-refractivity contribution in [2.24, 2.45) is 0 Å². The van der Waals surface area contributed by atoms with E-state index >= 15 is 0 Å². The van der Waals surface area contributed by atoms with Crippen molar-refractivity contribution in [2.45, 2.75) is 19.4 Å². The molecule has 0 fully saturated rings. The minimum atomic E-state index is -0.939. The van der Waals surface area contributed by atoms with Gasteiger partial charge in [-0.25, -0.2) is 0 Å². The van der Waals surface area contributed by atoms with Crippen LogP contribution in [0.1, 0.15) is 24.2 Å². The van der Waals surface area contributed by atoms with Gasteiger partial charge in [0, 0.05) is 24.3 Å². The first-order chi connectivity index (χ1) is 7.70. The number of halogens is 1. The van der Waals surface area contributed by atoms with Crippen molar-refractivity contribution in [2.75, 3.05) is 19.3 Å². The SMILES string of the molecule is CN(CC(C)(C)O)C(=O)c1ccc(Cl)cc1N. The summed E-state index contributed by atoms with van der Waals surface area (Å²) < 4.78 is 0. The van der Waals surface area contributed by atoms with E-state index < -0.39 is 5.60 Å². The van der Waals surface area contributed by atoms with Gasteiger partial charge in [-0.1, -0.05) is 11.6 Å². The number of nitrogen functional groups attached to an aromatic ring is 1. The summed E-state index contributed by atoms with van der Waals surface area (Å²) in [7, 11) is 1.62. The number of carbonyl (C=O) groups excluding carboxylic acids is 1. The molecule has 1 aromatic carbocycles. The largest absolute Gasteiger partial charge is 0.398 e. The number of carbonyl (C=O) groups is 1. The number of rotatable bonds is 3. The smallest absolute Gasteiger partial charge is 0.255 e. The van der Waals surface area contributed by atoms with Gasteiger partial charge in [-0.3, -0.25) is 4.79 Å². The van der Waals surface area contributed by atoms with Crippen molar-refractivity contribution >= 4 is 23.2 Å². The molecule has 1 amide bonds. The second-order valence-electron chi connectivity index (χ2n) is 4.71. The number of nitrogens with zero attached hydrogens (tertiary/aromatic N) is 1. The van der Waals surface area contributed by atoms with Crippen LogP contribution in [0.2, 0.25) is 5.02 Å². The maximum atomic E-state index is 12.0. The van der Waals surface area contributed by atoms with Gasteiger partial charge < -0.3 is 15.7 Å². The van der Waals surface area contributed by atoms with E-state index in [0.29, 0.717) is 16.3 Å². The third-order valence-electron chi connectivity index (χ3n) is 2.21. The molecule has 3 N–H and O–H groups in total. The number of nitrogens with two attached hydrogens (primary N) is 1. The molecule has 0 radical (unpaired) electrons. The third-order valence-corrected chi connectivity index (χ3v) is 2.45. The number of amides is 1. The van der Waals surface area contributed by atoms with Crippen LogP contribution in [0.5, 0.6) is 0 Å². The molecule has 1 aromatic rings. The van der Waals surface area contributed by atoms with Crippen LogP contribution in [-0.4, -0.2) is 35.1 Å². The summed E-state index contributed by atoms with van der Waals surface area (Å²) in [6.07, 6.45) is 0. The summed E-state index contributed by atoms with van der Waals surface area (Å²) in [4.78, 5) is 13.5. The highest BCUT2D eigenvalue weighted by Gasteiger charge is 2.21. The molecular weight excluding hydrogens is 240 g/mol. The molecular formula is C12H17ClN2O2. The second kappa shape index (κ2) is 4.94. The van der Waals surface area contributed by atoms with Crippen LogP contribution in [0.4, 0.5) is 5.69 Å². The lowest BCUT2D eigenvalue weighted by molar-refractivity contribution is 0.0368. The molecule has 94 valence electrons. The standard InChI is InChI=1S/C12H17ClN2O2/c1-12(2,17)7-15(3)11(16)9-5-4-8(13)6-10(9)14/h4-6,17H,7,14H2,1-3H3. The van der Waals surface area contributed by atoms with Gasteiger partial charge in [-0.2, -0.15) is 0 Å². The summed E-state index contributed by atoms with van der Waals surface area (Å²) in [5, 5.41) is 10.1. The number of anilines is 1. The Kier molecular flexibility index (Phi) is 4.01. The number of aliphatic hydroxyl groups is 1. The number of likely N-dealkylation sites (N-methyl/N-ethyl adjacent to an activating group) is 1. The molecule has 0 aromatic heterocycles. The number of hydrogen-bond donors (Lipinski definition) is 2. The third kappa shape index (κ3) is 3.91. The fourth-order valence-corrected chi connectivity index (χ4v) is 1.77. The fourth-order valence-electron chi connectivity index (χ4n) is 1.59. The molecule has 5 heteroatoms. The highest BCUT2D eigenvalue weighted by Crippen LogP contribution is 2.19. The van der Waals surface area contributed by atoms with Gasteiger partial charge in [0.15, 0.2) is 0 Å². The zero-order valence-corrected chi connectivity index (χ0v) is 11.0. The van der Waals surface area contributed by atoms with Gasteiger partial charge >= 0.3 is 0 Å². The summed E-state index contributed by atoms with van der Waals surface area (Å²) in [6.45, 7) is 3.51. The molecule has 17 heavy (non-hydrogen) atoms. The highest BCUT2D eigenvalue weighted by atomic mass is 35.5. The van der Waals surface area contributed by atoms with Crippen LogP contribution in [-0.2, 0) is 0 Å². The molecule has 0 heterocycles. The lowest BCUT2D eigenvalue weighted by Gasteiger charge is -2.26. The molecule has 1 rings (SSSR count). The number of benzene rings is 1. The zero-order chi connectivity index (χ0) is 13.2. The molecule has 0 atom stereocenters. The summed E-state index contributed by atoms with van der Waals surface area (Å²) >= 11 is 5.76. The van der Waals surface area contributed by atoms with Gasteiger partial charge in [-0.15, -0.1) is 0 Å². The van der Waals surface area contributed by atoms with Gasteiger partial charge in [-0.05, 0) is 32.0 Å². The Bertz CT molecular complexity index is 427. The maximum absolute atomic E-state index is 12.0. The second-order valence-corrected chi connectivity index (χ2v) is 5.14. The van der Waals surface area contributed by atoms with Gasteiger partial charge in [0.05, 0.1) is 11.2 Å². The lowest BCUT2D eigenvalue weighted by atomic mass is 10.1. The summed E-state index contributed by atoms with van der Waals surface area (Å²) in [5.41, 5.74) is 5.52. The van der Waals surface area contributed by atoms with Crippen molar-refractivity contribution in [3.05, 3.63) is 28.8 Å². The summed E-state index contributed by atoms with van der Waals surface area (Å²) in [6, 6.07) is 4.73. The number of hydrogen-bond acceptors (Lipinski definition) is 3. The Hall–Kier alpha value is -1.26.